The molecule has 0 saturated carbocycles. The lowest BCUT2D eigenvalue weighted by atomic mass is 10.2. The fourth-order valence-corrected chi connectivity index (χ4v) is 1.89. The maximum Gasteiger partial charge on any atom is 0.270 e. The van der Waals surface area contributed by atoms with Crippen LogP contribution in [0.2, 0.25) is 0 Å². The summed E-state index contributed by atoms with van der Waals surface area (Å²) in [6.45, 7) is 4.50. The fourth-order valence-electron chi connectivity index (χ4n) is 1.14. The number of amides is 1. The zero-order valence-corrected chi connectivity index (χ0v) is 10.5. The fraction of sp³-hybridized carbons (Fsp3) is 0.600. The van der Waals surface area contributed by atoms with Crippen molar-refractivity contribution in [3.05, 3.63) is 16.1 Å². The molecule has 1 amide bonds. The molecule has 3 nitrogen and oxygen atoms in total. The predicted octanol–water partition coefficient (Wildman–Crippen LogP) is 2.59. The van der Waals surface area contributed by atoms with Gasteiger partial charge in [0.1, 0.15) is 5.69 Å². The SMILES string of the molecule is Cc1nc(C(=O)NCCCC(C)Cl)cs1. The van der Waals surface area contributed by atoms with E-state index < -0.39 is 0 Å². The van der Waals surface area contributed by atoms with Gasteiger partial charge in [-0.15, -0.1) is 22.9 Å². The Balaban J connectivity index is 2.25. The molecule has 1 atom stereocenters. The van der Waals surface area contributed by atoms with Gasteiger partial charge in [-0.1, -0.05) is 0 Å². The van der Waals surface area contributed by atoms with Gasteiger partial charge in [-0.05, 0) is 26.7 Å². The van der Waals surface area contributed by atoms with E-state index in [1.165, 1.54) is 11.3 Å². The highest BCUT2D eigenvalue weighted by Gasteiger charge is 2.08. The van der Waals surface area contributed by atoms with E-state index in [2.05, 4.69) is 10.3 Å². The third-order valence-corrected chi connectivity index (χ3v) is 2.91. The number of thiazole rings is 1. The van der Waals surface area contributed by atoms with Crippen molar-refractivity contribution >= 4 is 28.8 Å². The van der Waals surface area contributed by atoms with Crippen molar-refractivity contribution in [1.82, 2.24) is 10.3 Å². The summed E-state index contributed by atoms with van der Waals surface area (Å²) in [6.07, 6.45) is 1.82. The molecule has 0 fully saturated rings. The minimum Gasteiger partial charge on any atom is -0.351 e. The summed E-state index contributed by atoms with van der Waals surface area (Å²) >= 11 is 7.27. The van der Waals surface area contributed by atoms with E-state index in [1.54, 1.807) is 5.38 Å². The molecule has 0 aliphatic carbocycles. The first-order chi connectivity index (χ1) is 7.09. The number of aromatic nitrogens is 1. The Morgan fingerprint density at radius 1 is 1.73 bits per heavy atom. The van der Waals surface area contributed by atoms with Gasteiger partial charge in [0.15, 0.2) is 0 Å². The number of hydrogen-bond acceptors (Lipinski definition) is 3. The lowest BCUT2D eigenvalue weighted by Crippen LogP contribution is -2.25. The summed E-state index contributed by atoms with van der Waals surface area (Å²) in [7, 11) is 0. The van der Waals surface area contributed by atoms with Crippen molar-refractivity contribution in [3.63, 3.8) is 0 Å². The molecular formula is C10H15ClN2OS. The number of halogens is 1. The summed E-state index contributed by atoms with van der Waals surface area (Å²) in [5.74, 6) is -0.0958. The van der Waals surface area contributed by atoms with Crippen molar-refractivity contribution in [2.75, 3.05) is 6.54 Å². The lowest BCUT2D eigenvalue weighted by Gasteiger charge is -2.04. The normalized spacial score (nSPS) is 12.5. The second-order valence-electron chi connectivity index (χ2n) is 3.43. The van der Waals surface area contributed by atoms with Gasteiger partial charge in [0, 0.05) is 17.3 Å². The van der Waals surface area contributed by atoms with E-state index >= 15 is 0 Å². The number of carbonyl (C=O) groups is 1. The van der Waals surface area contributed by atoms with Crippen LogP contribution in [0.3, 0.4) is 0 Å². The van der Waals surface area contributed by atoms with Gasteiger partial charge in [-0.3, -0.25) is 4.79 Å². The van der Waals surface area contributed by atoms with Gasteiger partial charge >= 0.3 is 0 Å². The Kier molecular flexibility index (Phi) is 5.05. The smallest absolute Gasteiger partial charge is 0.270 e. The van der Waals surface area contributed by atoms with Crippen LogP contribution in [-0.2, 0) is 0 Å². The van der Waals surface area contributed by atoms with E-state index in [0.717, 1.165) is 17.8 Å². The maximum absolute atomic E-state index is 11.5. The molecule has 1 heterocycles. The molecule has 1 aromatic rings. The molecule has 84 valence electrons. The maximum atomic E-state index is 11.5. The molecule has 0 aliphatic rings. The lowest BCUT2D eigenvalue weighted by molar-refractivity contribution is 0.0948. The Labute approximate surface area is 98.9 Å². The average molecular weight is 247 g/mol. The topological polar surface area (TPSA) is 42.0 Å². The number of alkyl halides is 1. The number of nitrogens with one attached hydrogen (secondary N) is 1. The van der Waals surface area contributed by atoms with Crippen LogP contribution in [0.25, 0.3) is 0 Å². The highest BCUT2D eigenvalue weighted by atomic mass is 35.5. The molecule has 1 rings (SSSR count). The van der Waals surface area contributed by atoms with Crippen molar-refractivity contribution in [2.24, 2.45) is 0 Å². The minimum absolute atomic E-state index is 0.0958. The Hall–Kier alpha value is -0.610. The summed E-state index contributed by atoms with van der Waals surface area (Å²) in [5.41, 5.74) is 0.511. The first kappa shape index (κ1) is 12.5. The van der Waals surface area contributed by atoms with Gasteiger partial charge in [-0.25, -0.2) is 4.98 Å². The molecule has 1 N–H and O–H groups in total. The monoisotopic (exact) mass is 246 g/mol. The average Bonchev–Trinajstić information content (AvgIpc) is 2.59. The third kappa shape index (κ3) is 4.62. The highest BCUT2D eigenvalue weighted by Crippen LogP contribution is 2.07. The number of rotatable bonds is 5. The number of hydrogen-bond donors (Lipinski definition) is 1. The Bertz CT molecular complexity index is 325. The molecule has 0 spiro atoms. The van der Waals surface area contributed by atoms with Gasteiger partial charge < -0.3 is 5.32 Å². The van der Waals surface area contributed by atoms with Crippen LogP contribution in [0, 0.1) is 6.92 Å². The van der Waals surface area contributed by atoms with E-state index in [-0.39, 0.29) is 11.3 Å². The molecule has 0 bridgehead atoms. The van der Waals surface area contributed by atoms with Gasteiger partial charge in [0.25, 0.3) is 5.91 Å². The Morgan fingerprint density at radius 2 is 2.47 bits per heavy atom. The largest absolute Gasteiger partial charge is 0.351 e. The van der Waals surface area contributed by atoms with Crippen LogP contribution in [0.4, 0.5) is 0 Å². The molecule has 0 radical (unpaired) electrons. The van der Waals surface area contributed by atoms with Crippen molar-refractivity contribution in [1.29, 1.82) is 0 Å². The van der Waals surface area contributed by atoms with E-state index in [1.807, 2.05) is 13.8 Å². The van der Waals surface area contributed by atoms with Gasteiger partial charge in [0.2, 0.25) is 0 Å². The molecule has 0 saturated heterocycles. The summed E-state index contributed by atoms with van der Waals surface area (Å²) in [5, 5.41) is 5.67. The number of carbonyl (C=O) groups excluding carboxylic acids is 1. The quantitative estimate of drug-likeness (QED) is 0.641. The zero-order chi connectivity index (χ0) is 11.3. The second kappa shape index (κ2) is 6.08. The third-order valence-electron chi connectivity index (χ3n) is 1.92. The Morgan fingerprint density at radius 3 is 3.00 bits per heavy atom. The minimum atomic E-state index is -0.0958. The summed E-state index contributed by atoms with van der Waals surface area (Å²) < 4.78 is 0. The van der Waals surface area contributed by atoms with E-state index in [9.17, 15) is 4.79 Å². The van der Waals surface area contributed by atoms with E-state index in [0.29, 0.717) is 12.2 Å². The van der Waals surface area contributed by atoms with Crippen molar-refractivity contribution < 1.29 is 4.79 Å². The van der Waals surface area contributed by atoms with Crippen LogP contribution in [-0.4, -0.2) is 22.8 Å². The summed E-state index contributed by atoms with van der Waals surface area (Å²) in [4.78, 5) is 15.6. The molecular weight excluding hydrogens is 232 g/mol. The first-order valence-corrected chi connectivity index (χ1v) is 6.25. The van der Waals surface area contributed by atoms with Crippen LogP contribution in [0.5, 0.6) is 0 Å². The highest BCUT2D eigenvalue weighted by molar-refractivity contribution is 7.09. The molecule has 15 heavy (non-hydrogen) atoms. The van der Waals surface area contributed by atoms with Crippen LogP contribution >= 0.6 is 22.9 Å². The molecule has 5 heteroatoms. The molecule has 0 aromatic carbocycles. The number of aryl methyl sites for hydroxylation is 1. The zero-order valence-electron chi connectivity index (χ0n) is 8.92. The van der Waals surface area contributed by atoms with Crippen LogP contribution in [0.1, 0.15) is 35.3 Å². The number of nitrogens with zero attached hydrogens (tertiary/aromatic N) is 1. The van der Waals surface area contributed by atoms with Gasteiger partial charge in [-0.2, -0.15) is 0 Å². The van der Waals surface area contributed by atoms with Crippen molar-refractivity contribution in [3.8, 4) is 0 Å². The standard InChI is InChI=1S/C10H15ClN2OS/c1-7(11)4-3-5-12-10(14)9-6-15-8(2)13-9/h6-7H,3-5H2,1-2H3,(H,12,14). The van der Waals surface area contributed by atoms with E-state index in [4.69, 9.17) is 11.6 Å². The second-order valence-corrected chi connectivity index (χ2v) is 5.24. The van der Waals surface area contributed by atoms with Gasteiger partial charge in [0.05, 0.1) is 5.01 Å². The molecule has 0 aliphatic heterocycles. The molecule has 1 aromatic heterocycles. The van der Waals surface area contributed by atoms with Crippen LogP contribution < -0.4 is 5.32 Å². The molecule has 1 unspecified atom stereocenters. The first-order valence-electron chi connectivity index (χ1n) is 4.94. The predicted molar refractivity (Wildman–Crippen MR) is 63.7 cm³/mol. The van der Waals surface area contributed by atoms with Crippen molar-refractivity contribution in [2.45, 2.75) is 32.1 Å². The summed E-state index contributed by atoms with van der Waals surface area (Å²) in [6, 6.07) is 0. The van der Waals surface area contributed by atoms with Crippen LogP contribution in [0.15, 0.2) is 5.38 Å².